The van der Waals surface area contributed by atoms with E-state index >= 15 is 0 Å². The van der Waals surface area contributed by atoms with E-state index in [9.17, 15) is 14.0 Å². The normalized spacial score (nSPS) is 12.8. The summed E-state index contributed by atoms with van der Waals surface area (Å²) in [7, 11) is 0. The van der Waals surface area contributed by atoms with E-state index in [1.807, 2.05) is 0 Å². The van der Waals surface area contributed by atoms with Crippen molar-refractivity contribution in [3.63, 3.8) is 0 Å². The Balaban J connectivity index is 2.71. The van der Waals surface area contributed by atoms with Gasteiger partial charge in [-0.3, -0.25) is 0 Å². The number of hydrogen-bond donors (Lipinski definition) is 1. The Morgan fingerprint density at radius 2 is 1.79 bits per heavy atom. The SMILES string of the molecule is CC(C)(C)OC(=O)c1ccc(CC(F)C(=O)O)cc1. The lowest BCUT2D eigenvalue weighted by molar-refractivity contribution is -0.142. The first-order chi connectivity index (χ1) is 8.69. The summed E-state index contributed by atoms with van der Waals surface area (Å²) in [6.45, 7) is 5.29. The fraction of sp³-hybridized carbons (Fsp3) is 0.429. The second-order valence-electron chi connectivity index (χ2n) is 5.21. The Morgan fingerprint density at radius 1 is 1.26 bits per heavy atom. The minimum absolute atomic E-state index is 0.218. The fourth-order valence-electron chi connectivity index (χ4n) is 1.41. The van der Waals surface area contributed by atoms with E-state index in [1.165, 1.54) is 24.3 Å². The molecule has 1 unspecified atom stereocenters. The van der Waals surface area contributed by atoms with Gasteiger partial charge < -0.3 is 9.84 Å². The van der Waals surface area contributed by atoms with Gasteiger partial charge in [-0.15, -0.1) is 0 Å². The Hall–Kier alpha value is -1.91. The van der Waals surface area contributed by atoms with Crippen molar-refractivity contribution in [1.29, 1.82) is 0 Å². The quantitative estimate of drug-likeness (QED) is 0.852. The van der Waals surface area contributed by atoms with Gasteiger partial charge in [0.2, 0.25) is 6.17 Å². The maximum absolute atomic E-state index is 13.0. The van der Waals surface area contributed by atoms with Gasteiger partial charge in [-0.1, -0.05) is 12.1 Å². The third kappa shape index (κ3) is 5.07. The smallest absolute Gasteiger partial charge is 0.338 e. The van der Waals surface area contributed by atoms with E-state index in [1.54, 1.807) is 20.8 Å². The third-order valence-corrected chi connectivity index (χ3v) is 2.27. The molecule has 0 heterocycles. The zero-order valence-electron chi connectivity index (χ0n) is 11.1. The maximum atomic E-state index is 13.0. The lowest BCUT2D eigenvalue weighted by atomic mass is 10.1. The van der Waals surface area contributed by atoms with Gasteiger partial charge in [-0.25, -0.2) is 14.0 Å². The molecule has 0 aliphatic heterocycles. The predicted molar refractivity (Wildman–Crippen MR) is 67.8 cm³/mol. The molecule has 19 heavy (non-hydrogen) atoms. The number of ether oxygens (including phenoxy) is 1. The standard InChI is InChI=1S/C14H17FO4/c1-14(2,3)19-13(18)10-6-4-9(5-7-10)8-11(15)12(16)17/h4-7,11H,8H2,1-3H3,(H,16,17). The van der Waals surface area contributed by atoms with Crippen molar-refractivity contribution in [2.75, 3.05) is 0 Å². The van der Waals surface area contributed by atoms with Crippen molar-refractivity contribution in [3.8, 4) is 0 Å². The maximum Gasteiger partial charge on any atom is 0.338 e. The highest BCUT2D eigenvalue weighted by Gasteiger charge is 2.19. The number of benzene rings is 1. The Morgan fingerprint density at radius 3 is 2.21 bits per heavy atom. The molecule has 1 aromatic rings. The average molecular weight is 268 g/mol. The van der Waals surface area contributed by atoms with Gasteiger partial charge in [0.25, 0.3) is 0 Å². The van der Waals surface area contributed by atoms with Gasteiger partial charge in [0.15, 0.2) is 0 Å². The van der Waals surface area contributed by atoms with Gasteiger partial charge in [-0.2, -0.15) is 0 Å². The van der Waals surface area contributed by atoms with E-state index in [0.29, 0.717) is 11.1 Å². The van der Waals surface area contributed by atoms with Crippen LogP contribution in [-0.4, -0.2) is 28.8 Å². The summed E-state index contributed by atoms with van der Waals surface area (Å²) in [6, 6.07) is 6.04. The molecule has 0 saturated carbocycles. The molecule has 0 aliphatic carbocycles. The number of hydrogen-bond acceptors (Lipinski definition) is 3. The van der Waals surface area contributed by atoms with E-state index in [-0.39, 0.29) is 6.42 Å². The summed E-state index contributed by atoms with van der Waals surface area (Å²) in [5, 5.41) is 8.46. The second kappa shape index (κ2) is 5.82. The van der Waals surface area contributed by atoms with Crippen molar-refractivity contribution in [1.82, 2.24) is 0 Å². The topological polar surface area (TPSA) is 63.6 Å². The zero-order chi connectivity index (χ0) is 14.6. The van der Waals surface area contributed by atoms with Crippen LogP contribution in [0.5, 0.6) is 0 Å². The molecule has 1 N–H and O–H groups in total. The molecule has 0 radical (unpaired) electrons. The minimum Gasteiger partial charge on any atom is -0.479 e. The van der Waals surface area contributed by atoms with Crippen LogP contribution in [-0.2, 0) is 16.0 Å². The minimum atomic E-state index is -1.94. The van der Waals surface area contributed by atoms with Gasteiger partial charge in [-0.05, 0) is 38.5 Å². The highest BCUT2D eigenvalue weighted by molar-refractivity contribution is 5.89. The number of halogens is 1. The molecule has 0 bridgehead atoms. The first-order valence-electron chi connectivity index (χ1n) is 5.88. The zero-order valence-corrected chi connectivity index (χ0v) is 11.1. The molecule has 5 heteroatoms. The lowest BCUT2D eigenvalue weighted by Gasteiger charge is -2.19. The van der Waals surface area contributed by atoms with Crippen molar-refractivity contribution >= 4 is 11.9 Å². The van der Waals surface area contributed by atoms with Crippen LogP contribution in [0.25, 0.3) is 0 Å². The molecule has 0 fully saturated rings. The molecule has 4 nitrogen and oxygen atoms in total. The van der Waals surface area contributed by atoms with Crippen LogP contribution in [0.1, 0.15) is 36.7 Å². The summed E-state index contributed by atoms with van der Waals surface area (Å²) < 4.78 is 18.2. The number of carbonyl (C=O) groups excluding carboxylic acids is 1. The van der Waals surface area contributed by atoms with Crippen molar-refractivity contribution in [2.45, 2.75) is 39.0 Å². The number of esters is 1. The highest BCUT2D eigenvalue weighted by Crippen LogP contribution is 2.14. The first-order valence-corrected chi connectivity index (χ1v) is 5.88. The summed E-state index contributed by atoms with van der Waals surface area (Å²) in [6.07, 6.45) is -2.16. The average Bonchev–Trinajstić information content (AvgIpc) is 2.27. The molecule has 104 valence electrons. The van der Waals surface area contributed by atoms with Gasteiger partial charge in [0.05, 0.1) is 5.56 Å². The number of aliphatic carboxylic acids is 1. The van der Waals surface area contributed by atoms with E-state index in [0.717, 1.165) is 0 Å². The Bertz CT molecular complexity index is 459. The molecular weight excluding hydrogens is 251 g/mol. The first kappa shape index (κ1) is 15.1. The molecular formula is C14H17FO4. The van der Waals surface area contributed by atoms with E-state index in [4.69, 9.17) is 9.84 Å². The van der Waals surface area contributed by atoms with E-state index < -0.39 is 23.7 Å². The van der Waals surface area contributed by atoms with Gasteiger partial charge in [0.1, 0.15) is 5.60 Å². The molecule has 1 aromatic carbocycles. The Labute approximate surface area is 111 Å². The molecule has 0 saturated heterocycles. The van der Waals surface area contributed by atoms with Crippen molar-refractivity contribution < 1.29 is 23.8 Å². The van der Waals surface area contributed by atoms with Crippen molar-refractivity contribution in [2.24, 2.45) is 0 Å². The number of carbonyl (C=O) groups is 2. The molecule has 0 aromatic heterocycles. The van der Waals surface area contributed by atoms with Crippen LogP contribution in [0.4, 0.5) is 4.39 Å². The van der Waals surface area contributed by atoms with Crippen LogP contribution in [0.15, 0.2) is 24.3 Å². The summed E-state index contributed by atoms with van der Waals surface area (Å²) in [4.78, 5) is 22.1. The van der Waals surface area contributed by atoms with Crippen LogP contribution in [0.2, 0.25) is 0 Å². The molecule has 0 aliphatic rings. The highest BCUT2D eigenvalue weighted by atomic mass is 19.1. The fourth-order valence-corrected chi connectivity index (χ4v) is 1.41. The van der Waals surface area contributed by atoms with Crippen LogP contribution >= 0.6 is 0 Å². The number of carboxylic acids is 1. The van der Waals surface area contributed by atoms with Crippen LogP contribution in [0.3, 0.4) is 0 Å². The summed E-state index contributed by atoms with van der Waals surface area (Å²) in [5.74, 6) is -1.95. The number of carboxylic acid groups (broad SMARTS) is 1. The molecule has 0 amide bonds. The van der Waals surface area contributed by atoms with Gasteiger partial charge >= 0.3 is 11.9 Å². The predicted octanol–water partition coefficient (Wildman–Crippen LogP) is 2.61. The number of alkyl halides is 1. The van der Waals surface area contributed by atoms with Crippen LogP contribution < -0.4 is 0 Å². The van der Waals surface area contributed by atoms with E-state index in [2.05, 4.69) is 0 Å². The second-order valence-corrected chi connectivity index (χ2v) is 5.21. The summed E-state index contributed by atoms with van der Waals surface area (Å²) >= 11 is 0. The largest absolute Gasteiger partial charge is 0.479 e. The summed E-state index contributed by atoms with van der Waals surface area (Å²) in [5.41, 5.74) is 0.287. The molecule has 1 rings (SSSR count). The van der Waals surface area contributed by atoms with Crippen molar-refractivity contribution in [3.05, 3.63) is 35.4 Å². The lowest BCUT2D eigenvalue weighted by Crippen LogP contribution is -2.23. The van der Waals surface area contributed by atoms with Gasteiger partial charge in [0, 0.05) is 6.42 Å². The van der Waals surface area contributed by atoms with Crippen LogP contribution in [0, 0.1) is 0 Å². The number of rotatable bonds is 4. The Kier molecular flexibility index (Phi) is 4.64. The third-order valence-electron chi connectivity index (χ3n) is 2.27. The molecule has 1 atom stereocenters. The molecule has 0 spiro atoms. The monoisotopic (exact) mass is 268 g/mol.